The highest BCUT2D eigenvalue weighted by Gasteiger charge is 2.38. The first-order valence-electron chi connectivity index (χ1n) is 9.40. The lowest BCUT2D eigenvalue weighted by molar-refractivity contribution is -0.123. The van der Waals surface area contributed by atoms with Crippen LogP contribution in [0.4, 0.5) is 0 Å². The van der Waals surface area contributed by atoms with E-state index < -0.39 is 0 Å². The number of hydrogen-bond donors (Lipinski definition) is 1. The van der Waals surface area contributed by atoms with Gasteiger partial charge in [0, 0.05) is 12.0 Å². The molecule has 0 saturated heterocycles. The SMILES string of the molecule is C=CCc1ccc(OCC(=O)NCC2(c3ccccc3)CCC2)c(OC)c1. The largest absolute Gasteiger partial charge is 0.493 e. The summed E-state index contributed by atoms with van der Waals surface area (Å²) in [6, 6.07) is 16.1. The first kappa shape index (κ1) is 19.0. The average molecular weight is 365 g/mol. The van der Waals surface area contributed by atoms with Crippen molar-refractivity contribution in [1.82, 2.24) is 5.32 Å². The van der Waals surface area contributed by atoms with Crippen LogP contribution in [0.1, 0.15) is 30.4 Å². The van der Waals surface area contributed by atoms with Gasteiger partial charge < -0.3 is 14.8 Å². The molecule has 1 amide bonds. The maximum absolute atomic E-state index is 12.3. The minimum Gasteiger partial charge on any atom is -0.493 e. The second-order valence-corrected chi connectivity index (χ2v) is 7.04. The van der Waals surface area contributed by atoms with Crippen molar-refractivity contribution >= 4 is 5.91 Å². The quantitative estimate of drug-likeness (QED) is 0.682. The number of nitrogens with one attached hydrogen (secondary N) is 1. The summed E-state index contributed by atoms with van der Waals surface area (Å²) in [5.41, 5.74) is 2.46. The van der Waals surface area contributed by atoms with Gasteiger partial charge in [-0.05, 0) is 42.5 Å². The zero-order valence-electron chi connectivity index (χ0n) is 15.9. The molecule has 2 aromatic rings. The summed E-state index contributed by atoms with van der Waals surface area (Å²) in [4.78, 5) is 12.3. The van der Waals surface area contributed by atoms with E-state index in [2.05, 4.69) is 36.2 Å². The topological polar surface area (TPSA) is 47.6 Å². The van der Waals surface area contributed by atoms with Gasteiger partial charge >= 0.3 is 0 Å². The van der Waals surface area contributed by atoms with Crippen LogP contribution in [-0.2, 0) is 16.6 Å². The van der Waals surface area contributed by atoms with E-state index in [1.54, 1.807) is 7.11 Å². The van der Waals surface area contributed by atoms with Crippen molar-refractivity contribution in [3.05, 3.63) is 72.3 Å². The molecular formula is C23H27NO3. The Morgan fingerprint density at radius 1 is 1.19 bits per heavy atom. The van der Waals surface area contributed by atoms with Crippen LogP contribution in [0.15, 0.2) is 61.2 Å². The Labute approximate surface area is 161 Å². The van der Waals surface area contributed by atoms with Gasteiger partial charge in [0.2, 0.25) is 0 Å². The summed E-state index contributed by atoms with van der Waals surface area (Å²) in [7, 11) is 1.60. The predicted molar refractivity (Wildman–Crippen MR) is 107 cm³/mol. The Bertz CT molecular complexity index is 781. The summed E-state index contributed by atoms with van der Waals surface area (Å²) in [5, 5.41) is 3.05. The highest BCUT2D eigenvalue weighted by Crippen LogP contribution is 2.43. The molecule has 27 heavy (non-hydrogen) atoms. The van der Waals surface area contributed by atoms with E-state index in [-0.39, 0.29) is 17.9 Å². The van der Waals surface area contributed by atoms with E-state index in [0.717, 1.165) is 24.8 Å². The number of benzene rings is 2. The van der Waals surface area contributed by atoms with Gasteiger partial charge in [-0.3, -0.25) is 4.79 Å². The smallest absolute Gasteiger partial charge is 0.257 e. The molecule has 0 aliphatic heterocycles. The van der Waals surface area contributed by atoms with E-state index in [1.165, 1.54) is 12.0 Å². The molecule has 1 N–H and O–H groups in total. The van der Waals surface area contributed by atoms with Gasteiger partial charge in [-0.1, -0.05) is 48.9 Å². The molecule has 1 aliphatic rings. The molecule has 4 heteroatoms. The van der Waals surface area contributed by atoms with E-state index in [0.29, 0.717) is 18.0 Å². The Morgan fingerprint density at radius 2 is 1.96 bits per heavy atom. The summed E-state index contributed by atoms with van der Waals surface area (Å²) in [6.07, 6.45) is 6.02. The van der Waals surface area contributed by atoms with E-state index in [9.17, 15) is 4.79 Å². The average Bonchev–Trinajstić information content (AvgIpc) is 2.67. The number of allylic oxidation sites excluding steroid dienone is 1. The van der Waals surface area contributed by atoms with Crippen molar-refractivity contribution in [3.8, 4) is 11.5 Å². The number of amides is 1. The van der Waals surface area contributed by atoms with E-state index >= 15 is 0 Å². The minimum atomic E-state index is -0.116. The highest BCUT2D eigenvalue weighted by molar-refractivity contribution is 5.77. The Hall–Kier alpha value is -2.75. The van der Waals surface area contributed by atoms with Gasteiger partial charge in [-0.2, -0.15) is 0 Å². The van der Waals surface area contributed by atoms with Gasteiger partial charge in [-0.25, -0.2) is 0 Å². The lowest BCUT2D eigenvalue weighted by Gasteiger charge is -2.42. The fraction of sp³-hybridized carbons (Fsp3) is 0.348. The first-order valence-corrected chi connectivity index (χ1v) is 9.40. The third kappa shape index (κ3) is 4.51. The normalized spacial score (nSPS) is 14.7. The van der Waals surface area contributed by atoms with Crippen LogP contribution in [0.5, 0.6) is 11.5 Å². The molecular weight excluding hydrogens is 338 g/mol. The van der Waals surface area contributed by atoms with Crippen LogP contribution in [0.25, 0.3) is 0 Å². The van der Waals surface area contributed by atoms with Crippen LogP contribution >= 0.6 is 0 Å². The second kappa shape index (κ2) is 8.76. The van der Waals surface area contributed by atoms with E-state index in [4.69, 9.17) is 9.47 Å². The van der Waals surface area contributed by atoms with Crippen LogP contribution in [0, 0.1) is 0 Å². The third-order valence-electron chi connectivity index (χ3n) is 5.29. The Balaban J connectivity index is 1.55. The number of methoxy groups -OCH3 is 1. The fourth-order valence-corrected chi connectivity index (χ4v) is 3.55. The molecule has 0 unspecified atom stereocenters. The molecule has 0 heterocycles. The zero-order chi connectivity index (χ0) is 19.1. The third-order valence-corrected chi connectivity index (χ3v) is 5.29. The molecule has 0 atom stereocenters. The molecule has 2 aromatic carbocycles. The summed E-state index contributed by atoms with van der Waals surface area (Å²) in [6.45, 7) is 4.36. The van der Waals surface area contributed by atoms with Crippen molar-refractivity contribution in [2.75, 3.05) is 20.3 Å². The van der Waals surface area contributed by atoms with Gasteiger partial charge in [-0.15, -0.1) is 6.58 Å². The number of ether oxygens (including phenoxy) is 2. The lowest BCUT2D eigenvalue weighted by Crippen LogP contribution is -2.46. The number of hydrogen-bond acceptors (Lipinski definition) is 3. The van der Waals surface area contributed by atoms with Crippen molar-refractivity contribution in [3.63, 3.8) is 0 Å². The summed E-state index contributed by atoms with van der Waals surface area (Å²) in [5.74, 6) is 1.08. The lowest BCUT2D eigenvalue weighted by atomic mass is 9.64. The minimum absolute atomic E-state index is 0.0258. The van der Waals surface area contributed by atoms with Crippen LogP contribution in [0.3, 0.4) is 0 Å². The standard InChI is InChI=1S/C23H27NO3/c1-3-8-18-11-12-20(21(15-18)26-2)27-16-22(25)24-17-23(13-7-14-23)19-9-5-4-6-10-19/h3-6,9-12,15H,1,7-8,13-14,16-17H2,2H3,(H,24,25). The van der Waals surface area contributed by atoms with Crippen LogP contribution in [0.2, 0.25) is 0 Å². The zero-order valence-corrected chi connectivity index (χ0v) is 15.9. The van der Waals surface area contributed by atoms with Crippen molar-refractivity contribution in [1.29, 1.82) is 0 Å². The molecule has 1 fully saturated rings. The second-order valence-electron chi connectivity index (χ2n) is 7.04. The molecule has 1 aliphatic carbocycles. The van der Waals surface area contributed by atoms with Gasteiger partial charge in [0.05, 0.1) is 7.11 Å². The molecule has 0 radical (unpaired) electrons. The molecule has 0 bridgehead atoms. The number of carbonyl (C=O) groups is 1. The molecule has 0 aromatic heterocycles. The van der Waals surface area contributed by atoms with Crippen molar-refractivity contribution < 1.29 is 14.3 Å². The van der Waals surface area contributed by atoms with Crippen molar-refractivity contribution in [2.45, 2.75) is 31.1 Å². The maximum Gasteiger partial charge on any atom is 0.257 e. The Morgan fingerprint density at radius 3 is 2.59 bits per heavy atom. The number of carbonyl (C=O) groups excluding carboxylic acids is 1. The Kier molecular flexibility index (Phi) is 6.17. The first-order chi connectivity index (χ1) is 13.2. The predicted octanol–water partition coefficient (Wildman–Crippen LogP) is 4.04. The molecule has 0 spiro atoms. The van der Waals surface area contributed by atoms with Crippen LogP contribution < -0.4 is 14.8 Å². The molecule has 1 saturated carbocycles. The fourth-order valence-electron chi connectivity index (χ4n) is 3.55. The van der Waals surface area contributed by atoms with Gasteiger partial charge in [0.15, 0.2) is 18.1 Å². The maximum atomic E-state index is 12.3. The van der Waals surface area contributed by atoms with Gasteiger partial charge in [0.25, 0.3) is 5.91 Å². The molecule has 3 rings (SSSR count). The van der Waals surface area contributed by atoms with E-state index in [1.807, 2.05) is 30.3 Å². The van der Waals surface area contributed by atoms with Gasteiger partial charge in [0.1, 0.15) is 0 Å². The number of rotatable bonds is 9. The monoisotopic (exact) mass is 365 g/mol. The molecule has 4 nitrogen and oxygen atoms in total. The summed E-state index contributed by atoms with van der Waals surface area (Å²) >= 11 is 0. The summed E-state index contributed by atoms with van der Waals surface area (Å²) < 4.78 is 11.1. The van der Waals surface area contributed by atoms with Crippen LogP contribution in [-0.4, -0.2) is 26.2 Å². The van der Waals surface area contributed by atoms with Crippen molar-refractivity contribution in [2.24, 2.45) is 0 Å². The highest BCUT2D eigenvalue weighted by atomic mass is 16.5. The molecule has 142 valence electrons.